The lowest BCUT2D eigenvalue weighted by molar-refractivity contribution is 0.0789. The number of pyridine rings is 1. The van der Waals surface area contributed by atoms with Gasteiger partial charge in [0.1, 0.15) is 0 Å². The van der Waals surface area contributed by atoms with Crippen molar-refractivity contribution in [3.63, 3.8) is 0 Å². The molecule has 0 fully saturated rings. The van der Waals surface area contributed by atoms with E-state index in [2.05, 4.69) is 30.7 Å². The van der Waals surface area contributed by atoms with E-state index in [9.17, 15) is 4.79 Å². The first-order valence-electron chi connectivity index (χ1n) is 6.44. The van der Waals surface area contributed by atoms with Crippen LogP contribution in [0.15, 0.2) is 18.5 Å². The maximum absolute atomic E-state index is 12.3. The minimum Gasteiger partial charge on any atom is -0.342 e. The van der Waals surface area contributed by atoms with Crippen molar-refractivity contribution in [2.75, 3.05) is 20.1 Å². The molecule has 4 nitrogen and oxygen atoms in total. The van der Waals surface area contributed by atoms with Gasteiger partial charge in [0.2, 0.25) is 0 Å². The van der Waals surface area contributed by atoms with Crippen LogP contribution in [0, 0.1) is 17.8 Å². The first-order chi connectivity index (χ1) is 9.06. The molecule has 0 saturated heterocycles. The van der Waals surface area contributed by atoms with Crippen molar-refractivity contribution in [3.8, 4) is 11.8 Å². The summed E-state index contributed by atoms with van der Waals surface area (Å²) in [7, 11) is 1.81. The highest BCUT2D eigenvalue weighted by molar-refractivity contribution is 5.96. The van der Waals surface area contributed by atoms with Gasteiger partial charge >= 0.3 is 0 Å². The largest absolute Gasteiger partial charge is 0.342 e. The second-order valence-corrected chi connectivity index (χ2v) is 4.84. The molecule has 0 bridgehead atoms. The number of carbonyl (C=O) groups excluding carboxylic acids is 1. The fraction of sp³-hybridized carbons (Fsp3) is 0.467. The van der Waals surface area contributed by atoms with E-state index in [4.69, 9.17) is 5.73 Å². The van der Waals surface area contributed by atoms with E-state index in [0.29, 0.717) is 17.0 Å². The molecular weight excluding hydrogens is 238 g/mol. The SMILES string of the molecule is CC(C)CCN(C)C(=O)c1ccncc1C#CCN. The second-order valence-electron chi connectivity index (χ2n) is 4.84. The van der Waals surface area contributed by atoms with Gasteiger partial charge in [0, 0.05) is 26.0 Å². The minimum absolute atomic E-state index is 0.0237. The summed E-state index contributed by atoms with van der Waals surface area (Å²) < 4.78 is 0. The summed E-state index contributed by atoms with van der Waals surface area (Å²) in [5, 5.41) is 0. The Labute approximate surface area is 115 Å². The highest BCUT2D eigenvalue weighted by Crippen LogP contribution is 2.10. The van der Waals surface area contributed by atoms with Crippen molar-refractivity contribution in [2.24, 2.45) is 11.7 Å². The van der Waals surface area contributed by atoms with Crippen LogP contribution in [0.2, 0.25) is 0 Å². The van der Waals surface area contributed by atoms with Gasteiger partial charge in [-0.15, -0.1) is 0 Å². The molecule has 1 rings (SSSR count). The summed E-state index contributed by atoms with van der Waals surface area (Å²) in [5.74, 6) is 6.19. The Hall–Kier alpha value is -1.86. The number of aromatic nitrogens is 1. The average Bonchev–Trinajstić information content (AvgIpc) is 2.42. The summed E-state index contributed by atoms with van der Waals surface area (Å²) in [5.41, 5.74) is 6.57. The maximum Gasteiger partial charge on any atom is 0.254 e. The van der Waals surface area contributed by atoms with Gasteiger partial charge in [-0.2, -0.15) is 0 Å². The molecule has 0 aliphatic heterocycles. The fourth-order valence-corrected chi connectivity index (χ4v) is 1.59. The van der Waals surface area contributed by atoms with Gasteiger partial charge in [-0.3, -0.25) is 9.78 Å². The van der Waals surface area contributed by atoms with E-state index in [0.717, 1.165) is 13.0 Å². The molecule has 0 aliphatic rings. The van der Waals surface area contributed by atoms with Gasteiger partial charge in [-0.05, 0) is 18.4 Å². The van der Waals surface area contributed by atoms with E-state index in [1.54, 1.807) is 23.4 Å². The van der Waals surface area contributed by atoms with Gasteiger partial charge in [-0.1, -0.05) is 25.7 Å². The van der Waals surface area contributed by atoms with Crippen LogP contribution in [0.3, 0.4) is 0 Å². The first-order valence-corrected chi connectivity index (χ1v) is 6.44. The van der Waals surface area contributed by atoms with Crippen LogP contribution >= 0.6 is 0 Å². The van der Waals surface area contributed by atoms with Crippen LogP contribution in [0.25, 0.3) is 0 Å². The lowest BCUT2D eigenvalue weighted by Crippen LogP contribution is -2.29. The quantitative estimate of drug-likeness (QED) is 0.834. The van der Waals surface area contributed by atoms with Gasteiger partial charge < -0.3 is 10.6 Å². The molecule has 1 heterocycles. The molecule has 0 unspecified atom stereocenters. The third kappa shape index (κ3) is 4.72. The number of rotatable bonds is 4. The van der Waals surface area contributed by atoms with E-state index >= 15 is 0 Å². The smallest absolute Gasteiger partial charge is 0.254 e. The van der Waals surface area contributed by atoms with Crippen LogP contribution in [0.1, 0.15) is 36.2 Å². The molecular formula is C15H21N3O. The minimum atomic E-state index is -0.0237. The third-order valence-electron chi connectivity index (χ3n) is 2.77. The normalized spacial score (nSPS) is 9.95. The topological polar surface area (TPSA) is 59.2 Å². The lowest BCUT2D eigenvalue weighted by atomic mass is 10.1. The zero-order chi connectivity index (χ0) is 14.3. The third-order valence-corrected chi connectivity index (χ3v) is 2.77. The molecule has 0 atom stereocenters. The monoisotopic (exact) mass is 259 g/mol. The lowest BCUT2D eigenvalue weighted by Gasteiger charge is -2.18. The van der Waals surface area contributed by atoms with Crippen molar-refractivity contribution in [3.05, 3.63) is 29.6 Å². The standard InChI is InChI=1S/C15H21N3O/c1-12(2)7-10-18(3)15(19)14-6-9-17-11-13(14)5-4-8-16/h6,9,11-12H,7-8,10,16H2,1-3H3. The van der Waals surface area contributed by atoms with Crippen LogP contribution in [0.4, 0.5) is 0 Å². The zero-order valence-electron chi connectivity index (χ0n) is 11.8. The van der Waals surface area contributed by atoms with Gasteiger partial charge in [-0.25, -0.2) is 0 Å². The number of carbonyl (C=O) groups is 1. The Kier molecular flexibility index (Phi) is 6.04. The zero-order valence-corrected chi connectivity index (χ0v) is 11.8. The van der Waals surface area contributed by atoms with Gasteiger partial charge in [0.05, 0.1) is 17.7 Å². The molecule has 0 aliphatic carbocycles. The Morgan fingerprint density at radius 3 is 2.89 bits per heavy atom. The molecule has 2 N–H and O–H groups in total. The second kappa shape index (κ2) is 7.55. The molecule has 1 aromatic rings. The summed E-state index contributed by atoms with van der Waals surface area (Å²) >= 11 is 0. The molecule has 1 amide bonds. The Morgan fingerprint density at radius 2 is 2.26 bits per heavy atom. The summed E-state index contributed by atoms with van der Waals surface area (Å²) in [6.07, 6.45) is 4.19. The predicted octanol–water partition coefficient (Wildman–Crippen LogP) is 1.51. The van der Waals surface area contributed by atoms with Crippen molar-refractivity contribution < 1.29 is 4.79 Å². The summed E-state index contributed by atoms with van der Waals surface area (Å²) in [6.45, 7) is 5.29. The molecule has 0 aromatic carbocycles. The fourth-order valence-electron chi connectivity index (χ4n) is 1.59. The Morgan fingerprint density at radius 1 is 1.53 bits per heavy atom. The molecule has 1 aromatic heterocycles. The number of nitrogens with two attached hydrogens (primary N) is 1. The average molecular weight is 259 g/mol. The number of hydrogen-bond acceptors (Lipinski definition) is 3. The first kappa shape index (κ1) is 15.2. The number of hydrogen-bond donors (Lipinski definition) is 1. The van der Waals surface area contributed by atoms with Crippen molar-refractivity contribution in [2.45, 2.75) is 20.3 Å². The molecule has 102 valence electrons. The van der Waals surface area contributed by atoms with Crippen LogP contribution in [-0.4, -0.2) is 35.9 Å². The number of amides is 1. The summed E-state index contributed by atoms with van der Waals surface area (Å²) in [4.78, 5) is 18.1. The van der Waals surface area contributed by atoms with Gasteiger partial charge in [0.25, 0.3) is 5.91 Å². The highest BCUT2D eigenvalue weighted by Gasteiger charge is 2.15. The van der Waals surface area contributed by atoms with E-state index in [1.165, 1.54) is 0 Å². The van der Waals surface area contributed by atoms with Crippen LogP contribution in [-0.2, 0) is 0 Å². The predicted molar refractivity (Wildman–Crippen MR) is 76.6 cm³/mol. The number of nitrogens with zero attached hydrogens (tertiary/aromatic N) is 2. The maximum atomic E-state index is 12.3. The van der Waals surface area contributed by atoms with Crippen LogP contribution in [0.5, 0.6) is 0 Å². The van der Waals surface area contributed by atoms with Crippen LogP contribution < -0.4 is 5.73 Å². The van der Waals surface area contributed by atoms with E-state index in [-0.39, 0.29) is 12.5 Å². The molecule has 0 saturated carbocycles. The Balaban J connectivity index is 2.87. The molecule has 0 radical (unpaired) electrons. The molecule has 0 spiro atoms. The highest BCUT2D eigenvalue weighted by atomic mass is 16.2. The molecule has 19 heavy (non-hydrogen) atoms. The Bertz CT molecular complexity index is 486. The van der Waals surface area contributed by atoms with E-state index in [1.807, 2.05) is 7.05 Å². The van der Waals surface area contributed by atoms with Gasteiger partial charge in [0.15, 0.2) is 0 Å². The van der Waals surface area contributed by atoms with Crippen molar-refractivity contribution in [1.29, 1.82) is 0 Å². The molecule has 4 heteroatoms. The van der Waals surface area contributed by atoms with Crippen molar-refractivity contribution >= 4 is 5.91 Å². The summed E-state index contributed by atoms with van der Waals surface area (Å²) in [6, 6.07) is 1.70. The van der Waals surface area contributed by atoms with E-state index < -0.39 is 0 Å². The van der Waals surface area contributed by atoms with Crippen molar-refractivity contribution in [1.82, 2.24) is 9.88 Å².